The van der Waals surface area contributed by atoms with Crippen LogP contribution in [-0.2, 0) is 38.4 Å². The van der Waals surface area contributed by atoms with Crippen molar-refractivity contribution in [3.05, 3.63) is 102 Å². The van der Waals surface area contributed by atoms with Crippen molar-refractivity contribution < 1.29 is 47.3 Å². The lowest BCUT2D eigenvalue weighted by molar-refractivity contribution is -0.274. The molecule has 3 aromatic rings. The van der Waals surface area contributed by atoms with Gasteiger partial charge < -0.3 is 31.3 Å². The number of nitrogens with one attached hydrogen (secondary N) is 2. The van der Waals surface area contributed by atoms with E-state index in [1.54, 1.807) is 38.1 Å². The molecule has 0 fully saturated rings. The van der Waals surface area contributed by atoms with Crippen LogP contribution in [0.2, 0.25) is 0 Å². The van der Waals surface area contributed by atoms with Gasteiger partial charge in [-0.1, -0.05) is 86.6 Å². The van der Waals surface area contributed by atoms with E-state index in [2.05, 4.69) is 15.4 Å². The molecule has 0 spiro atoms. The van der Waals surface area contributed by atoms with E-state index in [0.717, 1.165) is 23.3 Å². The van der Waals surface area contributed by atoms with Crippen molar-refractivity contribution >= 4 is 23.7 Å². The molecular weight excluding hydrogens is 619 g/mol. The molecule has 0 aromatic heterocycles. The van der Waals surface area contributed by atoms with Gasteiger partial charge in [0.05, 0.1) is 25.0 Å². The number of halogens is 3. The maximum Gasteiger partial charge on any atom is 0.573 e. The zero-order valence-corrected chi connectivity index (χ0v) is 26.1. The van der Waals surface area contributed by atoms with E-state index in [-0.39, 0.29) is 43.1 Å². The lowest BCUT2D eigenvalue weighted by atomic mass is 9.96. The molecule has 3 atom stereocenters. The normalized spacial score (nSPS) is 12.9. The van der Waals surface area contributed by atoms with Gasteiger partial charge in [-0.3, -0.25) is 19.2 Å². The molecule has 0 bridgehead atoms. The van der Waals surface area contributed by atoms with Crippen molar-refractivity contribution in [3.8, 4) is 5.75 Å². The smallest absolute Gasteiger partial charge is 0.481 e. The van der Waals surface area contributed by atoms with Gasteiger partial charge in [-0.15, -0.1) is 13.2 Å². The quantitative estimate of drug-likeness (QED) is 0.165. The summed E-state index contributed by atoms with van der Waals surface area (Å²) >= 11 is 0. The molecule has 0 saturated heterocycles. The number of aliphatic hydroxyl groups is 1. The van der Waals surface area contributed by atoms with Crippen LogP contribution in [0.25, 0.3) is 0 Å². The van der Waals surface area contributed by atoms with E-state index in [1.807, 2.05) is 36.4 Å². The van der Waals surface area contributed by atoms with E-state index in [0.29, 0.717) is 6.42 Å². The number of alkyl halides is 3. The van der Waals surface area contributed by atoms with Crippen LogP contribution in [0.3, 0.4) is 0 Å². The second kappa shape index (κ2) is 18.9. The number of aliphatic hydroxyl groups excluding tert-OH is 1. The molecule has 47 heavy (non-hydrogen) atoms. The summed E-state index contributed by atoms with van der Waals surface area (Å²) in [5.41, 5.74) is 7.02. The third-order valence-electron chi connectivity index (χ3n) is 6.73. The Hall–Kier alpha value is -4.91. The molecule has 0 radical (unpaired) electrons. The second-order valence-electron chi connectivity index (χ2n) is 11.1. The molecular formula is C34H40F3N3O7. The van der Waals surface area contributed by atoms with Gasteiger partial charge in [0.25, 0.3) is 0 Å². The molecule has 10 nitrogen and oxygen atoms in total. The molecule has 3 unspecified atom stereocenters. The summed E-state index contributed by atoms with van der Waals surface area (Å²) in [7, 11) is 0. The summed E-state index contributed by atoms with van der Waals surface area (Å²) in [4.78, 5) is 47.1. The van der Waals surface area contributed by atoms with E-state index in [1.165, 1.54) is 12.1 Å². The van der Waals surface area contributed by atoms with Gasteiger partial charge in [0.2, 0.25) is 17.7 Å². The maximum atomic E-state index is 13.1. The highest BCUT2D eigenvalue weighted by molar-refractivity contribution is 5.88. The zero-order chi connectivity index (χ0) is 35.0. The Bertz CT molecular complexity index is 1440. The van der Waals surface area contributed by atoms with Crippen molar-refractivity contribution in [2.24, 2.45) is 11.7 Å². The number of benzene rings is 3. The van der Waals surface area contributed by atoms with Crippen molar-refractivity contribution in [1.29, 1.82) is 0 Å². The minimum atomic E-state index is -4.87. The topological polar surface area (TPSA) is 168 Å². The Kier molecular flexibility index (Phi) is 15.4. The van der Waals surface area contributed by atoms with Crippen LogP contribution in [-0.4, -0.2) is 58.5 Å². The van der Waals surface area contributed by atoms with E-state index < -0.39 is 48.1 Å². The SMILES string of the molecule is CC(C)C(NC(=O)Cc1cccc(OC(F)(F)F)c1)C(=O)NC(Cc1ccccc1)C(O)CCC(=O)O.NC(=O)Cc1ccccc1. The number of carboxylic acids is 1. The minimum Gasteiger partial charge on any atom is -0.481 e. The lowest BCUT2D eigenvalue weighted by Gasteiger charge is -2.28. The Labute approximate surface area is 271 Å². The molecule has 0 saturated carbocycles. The number of carbonyl (C=O) groups is 4. The molecule has 0 aliphatic rings. The number of carbonyl (C=O) groups excluding carboxylic acids is 3. The number of rotatable bonds is 15. The molecule has 13 heteroatoms. The summed E-state index contributed by atoms with van der Waals surface area (Å²) in [5, 5.41) is 24.9. The van der Waals surface area contributed by atoms with Crippen LogP contribution in [0.5, 0.6) is 5.75 Å². The number of nitrogens with two attached hydrogens (primary N) is 1. The van der Waals surface area contributed by atoms with Gasteiger partial charge >= 0.3 is 12.3 Å². The van der Waals surface area contributed by atoms with Crippen LogP contribution in [0.15, 0.2) is 84.9 Å². The van der Waals surface area contributed by atoms with Crippen molar-refractivity contribution in [1.82, 2.24) is 10.6 Å². The molecule has 0 aliphatic carbocycles. The fraction of sp³-hybridized carbons (Fsp3) is 0.353. The van der Waals surface area contributed by atoms with Gasteiger partial charge in [-0.05, 0) is 47.6 Å². The first kappa shape index (κ1) is 38.3. The van der Waals surface area contributed by atoms with Gasteiger partial charge in [0.1, 0.15) is 11.8 Å². The predicted octanol–water partition coefficient (Wildman–Crippen LogP) is 3.94. The van der Waals surface area contributed by atoms with Crippen molar-refractivity contribution in [3.63, 3.8) is 0 Å². The predicted molar refractivity (Wildman–Crippen MR) is 168 cm³/mol. The number of amides is 3. The maximum absolute atomic E-state index is 13.1. The van der Waals surface area contributed by atoms with Crippen LogP contribution in [0.4, 0.5) is 13.2 Å². The third kappa shape index (κ3) is 15.8. The minimum absolute atomic E-state index is 0.0812. The molecule has 0 heterocycles. The number of hydrogen-bond acceptors (Lipinski definition) is 6. The van der Waals surface area contributed by atoms with Crippen LogP contribution in [0.1, 0.15) is 43.4 Å². The number of ether oxygens (including phenoxy) is 1. The molecule has 3 rings (SSSR count). The third-order valence-corrected chi connectivity index (χ3v) is 6.73. The van der Waals surface area contributed by atoms with Crippen LogP contribution in [0, 0.1) is 5.92 Å². The number of aliphatic carboxylic acids is 1. The molecule has 6 N–H and O–H groups in total. The summed E-state index contributed by atoms with van der Waals surface area (Å²) in [6, 6.07) is 21.6. The number of carboxylic acid groups (broad SMARTS) is 1. The van der Waals surface area contributed by atoms with Crippen molar-refractivity contribution in [2.45, 2.75) is 70.5 Å². The Balaban J connectivity index is 0.000000651. The molecule has 3 amide bonds. The van der Waals surface area contributed by atoms with E-state index >= 15 is 0 Å². The van der Waals surface area contributed by atoms with E-state index in [9.17, 15) is 37.5 Å². The van der Waals surface area contributed by atoms with Crippen LogP contribution < -0.4 is 21.1 Å². The Morgan fingerprint density at radius 2 is 1.40 bits per heavy atom. The average molecular weight is 660 g/mol. The van der Waals surface area contributed by atoms with Crippen molar-refractivity contribution in [2.75, 3.05) is 0 Å². The summed E-state index contributed by atoms with van der Waals surface area (Å²) in [6.07, 6.45) is -6.11. The molecule has 3 aromatic carbocycles. The highest BCUT2D eigenvalue weighted by atomic mass is 19.4. The Morgan fingerprint density at radius 3 is 1.94 bits per heavy atom. The van der Waals surface area contributed by atoms with Gasteiger partial charge in [0.15, 0.2) is 0 Å². The molecule has 254 valence electrons. The highest BCUT2D eigenvalue weighted by Gasteiger charge is 2.32. The zero-order valence-electron chi connectivity index (χ0n) is 26.1. The first-order valence-electron chi connectivity index (χ1n) is 14.8. The number of hydrogen-bond donors (Lipinski definition) is 5. The van der Waals surface area contributed by atoms with Gasteiger partial charge in [-0.25, -0.2) is 0 Å². The van der Waals surface area contributed by atoms with E-state index in [4.69, 9.17) is 10.8 Å². The first-order valence-corrected chi connectivity index (χ1v) is 14.8. The number of primary amides is 1. The largest absolute Gasteiger partial charge is 0.573 e. The fourth-order valence-corrected chi connectivity index (χ4v) is 4.49. The summed E-state index contributed by atoms with van der Waals surface area (Å²) in [5.74, 6) is -3.36. The monoisotopic (exact) mass is 659 g/mol. The first-order chi connectivity index (χ1) is 22.1. The summed E-state index contributed by atoms with van der Waals surface area (Å²) < 4.78 is 41.3. The Morgan fingerprint density at radius 1 is 0.830 bits per heavy atom. The summed E-state index contributed by atoms with van der Waals surface area (Å²) in [6.45, 7) is 3.41. The molecule has 0 aliphatic heterocycles. The van der Waals surface area contributed by atoms with Gasteiger partial charge in [-0.2, -0.15) is 0 Å². The van der Waals surface area contributed by atoms with Gasteiger partial charge in [0, 0.05) is 6.42 Å². The average Bonchev–Trinajstić information content (AvgIpc) is 2.98. The van der Waals surface area contributed by atoms with Crippen LogP contribution >= 0.6 is 0 Å². The standard InChI is InChI=1S/C26H31F3N2O6.C8H9NO/c1-16(2)24(31-22(33)15-18-9-6-10-19(13-18)37-26(27,28)29)25(36)30-20(21(32)11-12-23(34)35)14-17-7-4-3-5-8-17;9-8(10)6-7-4-2-1-3-5-7/h3-10,13,16,20-21,24,32H,11-12,14-15H2,1-2H3,(H,30,36)(H,31,33)(H,34,35);1-5H,6H2,(H2,9,10). The lowest BCUT2D eigenvalue weighted by Crippen LogP contribution is -2.55. The highest BCUT2D eigenvalue weighted by Crippen LogP contribution is 2.23. The second-order valence-corrected chi connectivity index (χ2v) is 11.1. The fourth-order valence-electron chi connectivity index (χ4n) is 4.49.